The van der Waals surface area contributed by atoms with Crippen molar-refractivity contribution in [2.45, 2.75) is 39.5 Å². The number of imidazole rings is 1. The van der Waals surface area contributed by atoms with Crippen LogP contribution in [0.4, 0.5) is 9.18 Å². The van der Waals surface area contributed by atoms with Gasteiger partial charge in [-0.05, 0) is 11.0 Å². The Morgan fingerprint density at radius 2 is 1.72 bits per heavy atom. The quantitative estimate of drug-likeness (QED) is 0.438. The number of nitrogens with two attached hydrogens (primary N) is 1. The van der Waals surface area contributed by atoms with Crippen molar-refractivity contribution in [2.24, 2.45) is 11.1 Å². The number of urea groups is 1. The van der Waals surface area contributed by atoms with Crippen LogP contribution in [-0.2, 0) is 6.54 Å². The minimum absolute atomic E-state index is 0.138. The summed E-state index contributed by atoms with van der Waals surface area (Å²) in [5, 5.41) is 9.43. The Morgan fingerprint density at radius 1 is 1.11 bits per heavy atom. The molecular formula is C28H38FN5O2. The average Bonchev–Trinajstić information content (AvgIpc) is 3.26. The molecular weight excluding hydrogens is 457 g/mol. The van der Waals surface area contributed by atoms with Crippen molar-refractivity contribution in [1.82, 2.24) is 19.4 Å². The lowest BCUT2D eigenvalue weighted by Crippen LogP contribution is -2.51. The number of rotatable bonds is 10. The zero-order valence-corrected chi connectivity index (χ0v) is 21.6. The van der Waals surface area contributed by atoms with Gasteiger partial charge in [0.1, 0.15) is 12.0 Å². The molecule has 0 aliphatic heterocycles. The van der Waals surface area contributed by atoms with Crippen LogP contribution in [0.15, 0.2) is 66.9 Å². The molecule has 2 atom stereocenters. The fourth-order valence-electron chi connectivity index (χ4n) is 4.34. The molecule has 194 valence electrons. The minimum Gasteiger partial charge on any atom is -0.395 e. The van der Waals surface area contributed by atoms with E-state index in [2.05, 4.69) is 4.57 Å². The summed E-state index contributed by atoms with van der Waals surface area (Å²) in [7, 11) is 1.60. The second-order valence-electron chi connectivity index (χ2n) is 10.1. The third-order valence-corrected chi connectivity index (χ3v) is 6.11. The van der Waals surface area contributed by atoms with E-state index in [-0.39, 0.29) is 32.3 Å². The Kier molecular flexibility index (Phi) is 9.23. The number of carbonyl (C=O) groups is 1. The van der Waals surface area contributed by atoms with Gasteiger partial charge in [0, 0.05) is 38.4 Å². The number of aliphatic hydroxyl groups excluding tert-OH is 1. The maximum Gasteiger partial charge on any atom is 0.320 e. The number of benzene rings is 2. The van der Waals surface area contributed by atoms with E-state index in [4.69, 9.17) is 10.7 Å². The molecule has 7 nitrogen and oxygen atoms in total. The van der Waals surface area contributed by atoms with E-state index in [0.717, 1.165) is 16.8 Å². The van der Waals surface area contributed by atoms with Crippen molar-refractivity contribution in [3.63, 3.8) is 0 Å². The van der Waals surface area contributed by atoms with E-state index in [0.29, 0.717) is 12.4 Å². The van der Waals surface area contributed by atoms with Gasteiger partial charge in [0.15, 0.2) is 0 Å². The molecule has 1 aromatic heterocycles. The molecule has 1 heterocycles. The summed E-state index contributed by atoms with van der Waals surface area (Å²) in [6.45, 7) is 6.18. The first-order valence-corrected chi connectivity index (χ1v) is 12.3. The SMILES string of the molecule is CN(CCO)C(=O)N(C[C@H](F)CN)[C@@H](c1nc(-c2ccccc2)cn1Cc1ccccc1)C(C)(C)C. The van der Waals surface area contributed by atoms with Gasteiger partial charge in [-0.1, -0.05) is 81.4 Å². The number of aliphatic hydroxyl groups is 1. The highest BCUT2D eigenvalue weighted by molar-refractivity contribution is 5.75. The summed E-state index contributed by atoms with van der Waals surface area (Å²) in [6, 6.07) is 19.0. The first-order chi connectivity index (χ1) is 17.2. The van der Waals surface area contributed by atoms with Crippen molar-refractivity contribution in [1.29, 1.82) is 0 Å². The lowest BCUT2D eigenvalue weighted by atomic mass is 9.84. The summed E-state index contributed by atoms with van der Waals surface area (Å²) in [5.41, 5.74) is 7.96. The standard InChI is InChI=1S/C28H38FN5O2/c1-28(2,3)25(34(19-23(29)17-30)27(36)32(4)15-16-35)26-31-24(22-13-9-6-10-14-22)20-33(26)18-21-11-7-5-8-12-21/h5-14,20,23,25,35H,15-19,30H2,1-4H3/t23-,25+/m1/s1. The van der Waals surface area contributed by atoms with Crippen molar-refractivity contribution in [3.05, 3.63) is 78.2 Å². The van der Waals surface area contributed by atoms with Crippen molar-refractivity contribution in [2.75, 3.05) is 33.3 Å². The van der Waals surface area contributed by atoms with E-state index in [1.165, 1.54) is 9.80 Å². The normalized spacial score (nSPS) is 13.3. The topological polar surface area (TPSA) is 87.6 Å². The number of hydrogen-bond donors (Lipinski definition) is 2. The first-order valence-electron chi connectivity index (χ1n) is 12.3. The number of likely N-dealkylation sites (N-methyl/N-ethyl adjacent to an activating group) is 1. The molecule has 0 saturated heterocycles. The molecule has 0 unspecified atom stereocenters. The van der Waals surface area contributed by atoms with Gasteiger partial charge in [-0.25, -0.2) is 14.2 Å². The Balaban J connectivity index is 2.17. The number of hydrogen-bond acceptors (Lipinski definition) is 4. The Labute approximate surface area is 213 Å². The third-order valence-electron chi connectivity index (χ3n) is 6.11. The highest BCUT2D eigenvalue weighted by atomic mass is 19.1. The fraction of sp³-hybridized carbons (Fsp3) is 0.429. The molecule has 3 aromatic rings. The van der Waals surface area contributed by atoms with Gasteiger partial charge in [-0.2, -0.15) is 0 Å². The van der Waals surface area contributed by atoms with Crippen molar-refractivity contribution < 1.29 is 14.3 Å². The maximum atomic E-state index is 14.8. The molecule has 0 aliphatic carbocycles. The van der Waals surface area contributed by atoms with Crippen LogP contribution >= 0.6 is 0 Å². The smallest absolute Gasteiger partial charge is 0.320 e. The predicted molar refractivity (Wildman–Crippen MR) is 141 cm³/mol. The van der Waals surface area contributed by atoms with Crippen LogP contribution in [0.5, 0.6) is 0 Å². The minimum atomic E-state index is -1.40. The number of aromatic nitrogens is 2. The van der Waals surface area contributed by atoms with Crippen LogP contribution in [0.1, 0.15) is 38.2 Å². The zero-order valence-electron chi connectivity index (χ0n) is 21.6. The molecule has 3 rings (SSSR count). The molecule has 3 N–H and O–H groups in total. The Morgan fingerprint density at radius 3 is 2.28 bits per heavy atom. The van der Waals surface area contributed by atoms with Crippen LogP contribution in [0.2, 0.25) is 0 Å². The number of amides is 2. The summed E-state index contributed by atoms with van der Waals surface area (Å²) < 4.78 is 16.8. The van der Waals surface area contributed by atoms with Crippen molar-refractivity contribution in [3.8, 4) is 11.3 Å². The van der Waals surface area contributed by atoms with Crippen LogP contribution in [0, 0.1) is 5.41 Å². The lowest BCUT2D eigenvalue weighted by molar-refractivity contribution is 0.0690. The average molecular weight is 496 g/mol. The summed E-state index contributed by atoms with van der Waals surface area (Å²) in [4.78, 5) is 21.5. The molecule has 2 aromatic carbocycles. The Bertz CT molecular complexity index is 1100. The largest absolute Gasteiger partial charge is 0.395 e. The third kappa shape index (κ3) is 6.71. The zero-order chi connectivity index (χ0) is 26.3. The van der Waals surface area contributed by atoms with Gasteiger partial charge in [-0.15, -0.1) is 0 Å². The van der Waals surface area contributed by atoms with E-state index in [1.54, 1.807) is 7.05 Å². The van der Waals surface area contributed by atoms with Gasteiger partial charge >= 0.3 is 6.03 Å². The van der Waals surface area contributed by atoms with E-state index < -0.39 is 17.6 Å². The van der Waals surface area contributed by atoms with Gasteiger partial charge in [0.05, 0.1) is 24.9 Å². The van der Waals surface area contributed by atoms with Crippen molar-refractivity contribution >= 4 is 6.03 Å². The first kappa shape index (κ1) is 27.4. The monoisotopic (exact) mass is 495 g/mol. The van der Waals surface area contributed by atoms with Gasteiger partial charge in [0.2, 0.25) is 0 Å². The molecule has 2 amide bonds. The molecule has 0 aliphatic rings. The predicted octanol–water partition coefficient (Wildman–Crippen LogP) is 4.33. The van der Waals surface area contributed by atoms with Gasteiger partial charge in [0.25, 0.3) is 0 Å². The number of halogens is 1. The van der Waals surface area contributed by atoms with Gasteiger partial charge in [-0.3, -0.25) is 0 Å². The molecule has 36 heavy (non-hydrogen) atoms. The number of carbonyl (C=O) groups excluding carboxylic acids is 1. The van der Waals surface area contributed by atoms with Crippen LogP contribution in [0.25, 0.3) is 11.3 Å². The highest BCUT2D eigenvalue weighted by Gasteiger charge is 2.40. The molecule has 0 spiro atoms. The highest BCUT2D eigenvalue weighted by Crippen LogP contribution is 2.39. The second kappa shape index (κ2) is 12.1. The number of nitrogens with zero attached hydrogens (tertiary/aromatic N) is 4. The second-order valence-corrected chi connectivity index (χ2v) is 10.1. The maximum absolute atomic E-state index is 14.8. The van der Waals surface area contributed by atoms with Crippen LogP contribution in [0.3, 0.4) is 0 Å². The van der Waals surface area contributed by atoms with Crippen LogP contribution < -0.4 is 5.73 Å². The molecule has 0 bridgehead atoms. The molecule has 8 heteroatoms. The Hall–Kier alpha value is -3.23. The molecule has 0 radical (unpaired) electrons. The van der Waals surface area contributed by atoms with E-state index >= 15 is 0 Å². The number of alkyl halides is 1. The fourth-order valence-corrected chi connectivity index (χ4v) is 4.34. The summed E-state index contributed by atoms with van der Waals surface area (Å²) in [5.74, 6) is 0.667. The lowest BCUT2D eigenvalue weighted by Gasteiger charge is -2.41. The summed E-state index contributed by atoms with van der Waals surface area (Å²) in [6.07, 6.45) is 0.597. The molecule has 0 fully saturated rings. The summed E-state index contributed by atoms with van der Waals surface area (Å²) >= 11 is 0. The molecule has 0 saturated carbocycles. The van der Waals surface area contributed by atoms with Gasteiger partial charge < -0.3 is 25.2 Å². The van der Waals surface area contributed by atoms with E-state index in [9.17, 15) is 14.3 Å². The van der Waals surface area contributed by atoms with Crippen LogP contribution in [-0.4, -0.2) is 69.9 Å². The van der Waals surface area contributed by atoms with E-state index in [1.807, 2.05) is 87.6 Å².